The lowest BCUT2D eigenvalue weighted by Crippen LogP contribution is -2.23. The van der Waals surface area contributed by atoms with Gasteiger partial charge in [0.25, 0.3) is 0 Å². The number of aliphatic carboxylic acids is 1. The van der Waals surface area contributed by atoms with Crippen molar-refractivity contribution in [3.05, 3.63) is 23.9 Å². The first-order valence-corrected chi connectivity index (χ1v) is 5.84. The fourth-order valence-electron chi connectivity index (χ4n) is 1.56. The van der Waals surface area contributed by atoms with Gasteiger partial charge in [-0.05, 0) is 18.6 Å². The van der Waals surface area contributed by atoms with Crippen LogP contribution in [0.2, 0.25) is 0 Å². The predicted molar refractivity (Wildman–Crippen MR) is 63.8 cm³/mol. The SMILES string of the molecule is CCCC(CNc1ccc(C(F)(F)F)cn1)C(=O)O. The molecule has 0 amide bonds. The van der Waals surface area contributed by atoms with Crippen LogP contribution in [0.25, 0.3) is 0 Å². The smallest absolute Gasteiger partial charge is 0.417 e. The molecule has 0 bridgehead atoms. The van der Waals surface area contributed by atoms with Crippen molar-refractivity contribution < 1.29 is 23.1 Å². The largest absolute Gasteiger partial charge is 0.481 e. The predicted octanol–water partition coefficient (Wildman–Crippen LogP) is 3.01. The Kier molecular flexibility index (Phi) is 5.14. The van der Waals surface area contributed by atoms with Crippen LogP contribution in [0.4, 0.5) is 19.0 Å². The molecule has 0 aromatic carbocycles. The van der Waals surface area contributed by atoms with Gasteiger partial charge < -0.3 is 10.4 Å². The summed E-state index contributed by atoms with van der Waals surface area (Å²) in [6, 6.07) is 2.10. The van der Waals surface area contributed by atoms with E-state index in [1.54, 1.807) is 0 Å². The van der Waals surface area contributed by atoms with Gasteiger partial charge >= 0.3 is 12.1 Å². The molecule has 19 heavy (non-hydrogen) atoms. The Labute approximate surface area is 108 Å². The number of pyridine rings is 1. The van der Waals surface area contributed by atoms with Gasteiger partial charge in [0.2, 0.25) is 0 Å². The summed E-state index contributed by atoms with van der Waals surface area (Å²) in [5.74, 6) is -1.27. The molecule has 106 valence electrons. The molecule has 1 aromatic rings. The Morgan fingerprint density at radius 1 is 1.47 bits per heavy atom. The summed E-state index contributed by atoms with van der Waals surface area (Å²) in [6.07, 6.45) is -2.47. The molecule has 0 spiro atoms. The Morgan fingerprint density at radius 3 is 2.58 bits per heavy atom. The number of anilines is 1. The zero-order valence-corrected chi connectivity index (χ0v) is 10.4. The molecule has 0 radical (unpaired) electrons. The van der Waals surface area contributed by atoms with E-state index in [9.17, 15) is 18.0 Å². The topological polar surface area (TPSA) is 62.2 Å². The quantitative estimate of drug-likeness (QED) is 0.838. The minimum atomic E-state index is -4.42. The average molecular weight is 276 g/mol. The number of carboxylic acid groups (broad SMARTS) is 1. The van der Waals surface area contributed by atoms with Crippen LogP contribution in [-0.2, 0) is 11.0 Å². The number of carbonyl (C=O) groups is 1. The van der Waals surface area contributed by atoms with Crippen LogP contribution >= 0.6 is 0 Å². The van der Waals surface area contributed by atoms with Crippen LogP contribution in [0.3, 0.4) is 0 Å². The minimum absolute atomic E-state index is 0.140. The first kappa shape index (κ1) is 15.3. The first-order valence-electron chi connectivity index (χ1n) is 5.84. The fourth-order valence-corrected chi connectivity index (χ4v) is 1.56. The van der Waals surface area contributed by atoms with Gasteiger partial charge in [0.05, 0.1) is 11.5 Å². The Balaban J connectivity index is 2.61. The molecule has 1 unspecified atom stereocenters. The summed E-state index contributed by atoms with van der Waals surface area (Å²) >= 11 is 0. The lowest BCUT2D eigenvalue weighted by Gasteiger charge is -2.13. The van der Waals surface area contributed by atoms with Gasteiger partial charge in [-0.3, -0.25) is 4.79 Å². The second kappa shape index (κ2) is 6.40. The van der Waals surface area contributed by atoms with Crippen molar-refractivity contribution in [2.24, 2.45) is 5.92 Å². The third kappa shape index (κ3) is 4.76. The monoisotopic (exact) mass is 276 g/mol. The lowest BCUT2D eigenvalue weighted by molar-refractivity contribution is -0.141. The number of alkyl halides is 3. The highest BCUT2D eigenvalue weighted by atomic mass is 19.4. The van der Waals surface area contributed by atoms with Crippen LogP contribution in [0.1, 0.15) is 25.3 Å². The van der Waals surface area contributed by atoms with E-state index in [0.717, 1.165) is 18.7 Å². The van der Waals surface area contributed by atoms with E-state index in [0.29, 0.717) is 6.42 Å². The van der Waals surface area contributed by atoms with Gasteiger partial charge in [0, 0.05) is 12.7 Å². The van der Waals surface area contributed by atoms with Crippen LogP contribution in [0, 0.1) is 5.92 Å². The van der Waals surface area contributed by atoms with Gasteiger partial charge in [0.15, 0.2) is 0 Å². The van der Waals surface area contributed by atoms with Crippen molar-refractivity contribution in [3.8, 4) is 0 Å². The third-order valence-electron chi connectivity index (χ3n) is 2.61. The molecule has 2 N–H and O–H groups in total. The van der Waals surface area contributed by atoms with E-state index in [4.69, 9.17) is 5.11 Å². The van der Waals surface area contributed by atoms with Crippen LogP contribution < -0.4 is 5.32 Å². The summed E-state index contributed by atoms with van der Waals surface area (Å²) in [5, 5.41) is 11.7. The Bertz CT molecular complexity index is 418. The van der Waals surface area contributed by atoms with E-state index in [1.165, 1.54) is 6.07 Å². The van der Waals surface area contributed by atoms with Crippen molar-refractivity contribution in [1.29, 1.82) is 0 Å². The molecule has 1 aromatic heterocycles. The van der Waals surface area contributed by atoms with E-state index in [-0.39, 0.29) is 12.4 Å². The maximum Gasteiger partial charge on any atom is 0.417 e. The second-order valence-electron chi connectivity index (χ2n) is 4.13. The molecule has 0 aliphatic heterocycles. The molecule has 1 heterocycles. The summed E-state index contributed by atoms with van der Waals surface area (Å²) < 4.78 is 36.9. The van der Waals surface area contributed by atoms with Crippen LogP contribution in [0.5, 0.6) is 0 Å². The highest BCUT2D eigenvalue weighted by molar-refractivity contribution is 5.70. The molecule has 1 rings (SSSR count). The number of hydrogen-bond donors (Lipinski definition) is 2. The molecular weight excluding hydrogens is 261 g/mol. The molecule has 0 saturated carbocycles. The lowest BCUT2D eigenvalue weighted by atomic mass is 10.0. The molecule has 0 aliphatic rings. The maximum atomic E-state index is 12.3. The molecule has 4 nitrogen and oxygen atoms in total. The highest BCUT2D eigenvalue weighted by Crippen LogP contribution is 2.28. The van der Waals surface area contributed by atoms with Gasteiger partial charge in [-0.2, -0.15) is 13.2 Å². The Hall–Kier alpha value is -1.79. The number of hydrogen-bond acceptors (Lipinski definition) is 3. The highest BCUT2D eigenvalue weighted by Gasteiger charge is 2.30. The number of halogens is 3. The third-order valence-corrected chi connectivity index (χ3v) is 2.61. The molecule has 0 fully saturated rings. The van der Waals surface area contributed by atoms with E-state index in [1.807, 2.05) is 6.92 Å². The number of nitrogens with zero attached hydrogens (tertiary/aromatic N) is 1. The summed E-state index contributed by atoms with van der Waals surface area (Å²) in [5.41, 5.74) is -0.832. The van der Waals surface area contributed by atoms with E-state index < -0.39 is 23.6 Å². The molecule has 1 atom stereocenters. The fraction of sp³-hybridized carbons (Fsp3) is 0.500. The van der Waals surface area contributed by atoms with Gasteiger partial charge in [-0.15, -0.1) is 0 Å². The number of nitrogens with one attached hydrogen (secondary N) is 1. The molecule has 7 heteroatoms. The van der Waals surface area contributed by atoms with Crippen molar-refractivity contribution in [3.63, 3.8) is 0 Å². The zero-order chi connectivity index (χ0) is 14.5. The normalized spacial score (nSPS) is 13.1. The number of carboxylic acids is 1. The van der Waals surface area contributed by atoms with Gasteiger partial charge in [-0.25, -0.2) is 4.98 Å². The van der Waals surface area contributed by atoms with Crippen molar-refractivity contribution in [1.82, 2.24) is 4.98 Å². The number of rotatable bonds is 6. The van der Waals surface area contributed by atoms with E-state index >= 15 is 0 Å². The van der Waals surface area contributed by atoms with Crippen molar-refractivity contribution in [2.75, 3.05) is 11.9 Å². The van der Waals surface area contributed by atoms with Crippen molar-refractivity contribution >= 4 is 11.8 Å². The molecular formula is C12H15F3N2O2. The van der Waals surface area contributed by atoms with Crippen molar-refractivity contribution in [2.45, 2.75) is 25.9 Å². The summed E-state index contributed by atoms with van der Waals surface area (Å²) in [4.78, 5) is 14.5. The minimum Gasteiger partial charge on any atom is -0.481 e. The van der Waals surface area contributed by atoms with Crippen LogP contribution in [0.15, 0.2) is 18.3 Å². The van der Waals surface area contributed by atoms with Crippen LogP contribution in [-0.4, -0.2) is 22.6 Å². The van der Waals surface area contributed by atoms with Gasteiger partial charge in [-0.1, -0.05) is 13.3 Å². The average Bonchev–Trinajstić information content (AvgIpc) is 2.33. The molecule has 0 saturated heterocycles. The number of aromatic nitrogens is 1. The van der Waals surface area contributed by atoms with E-state index in [2.05, 4.69) is 10.3 Å². The molecule has 0 aliphatic carbocycles. The first-order chi connectivity index (χ1) is 8.84. The van der Waals surface area contributed by atoms with Gasteiger partial charge in [0.1, 0.15) is 5.82 Å². The summed E-state index contributed by atoms with van der Waals surface area (Å²) in [7, 11) is 0. The Morgan fingerprint density at radius 2 is 2.16 bits per heavy atom. The zero-order valence-electron chi connectivity index (χ0n) is 10.4. The maximum absolute atomic E-state index is 12.3. The standard InChI is InChI=1S/C12H15F3N2O2/c1-2-3-8(11(18)19)6-16-10-5-4-9(7-17-10)12(13,14)15/h4-5,7-8H,2-3,6H2,1H3,(H,16,17)(H,18,19). The second-order valence-corrected chi connectivity index (χ2v) is 4.13. The summed E-state index contributed by atoms with van der Waals surface area (Å²) in [6.45, 7) is 2.01.